The van der Waals surface area contributed by atoms with Gasteiger partial charge in [-0.2, -0.15) is 4.98 Å². The first-order chi connectivity index (χ1) is 11.5. The van der Waals surface area contributed by atoms with Crippen LogP contribution in [0.15, 0.2) is 30.3 Å². The zero-order valence-corrected chi connectivity index (χ0v) is 13.7. The van der Waals surface area contributed by atoms with Gasteiger partial charge in [-0.25, -0.2) is 14.6 Å². The molecule has 2 aromatic rings. The lowest BCUT2D eigenvalue weighted by Gasteiger charge is -2.12. The van der Waals surface area contributed by atoms with Crippen LogP contribution in [-0.2, 0) is 16.1 Å². The summed E-state index contributed by atoms with van der Waals surface area (Å²) in [6.45, 7) is 0.0671. The van der Waals surface area contributed by atoms with E-state index in [0.29, 0.717) is 0 Å². The highest BCUT2D eigenvalue weighted by molar-refractivity contribution is 6.28. The van der Waals surface area contributed by atoms with Crippen LogP contribution in [0.5, 0.6) is 5.75 Å². The van der Waals surface area contributed by atoms with Gasteiger partial charge in [0.05, 0.1) is 14.2 Å². The molecule has 1 aromatic heterocycles. The van der Waals surface area contributed by atoms with Crippen molar-refractivity contribution in [1.82, 2.24) is 9.97 Å². The van der Waals surface area contributed by atoms with E-state index < -0.39 is 12.1 Å². The number of esters is 1. The van der Waals surface area contributed by atoms with E-state index in [4.69, 9.17) is 21.1 Å². The Labute approximate surface area is 142 Å². The Morgan fingerprint density at radius 1 is 1.17 bits per heavy atom. The lowest BCUT2D eigenvalue weighted by Crippen LogP contribution is -2.17. The molecule has 1 amide bonds. The van der Waals surface area contributed by atoms with Crippen LogP contribution in [0.25, 0.3) is 0 Å². The van der Waals surface area contributed by atoms with Crippen LogP contribution < -0.4 is 10.1 Å². The Morgan fingerprint density at radius 3 is 2.50 bits per heavy atom. The van der Waals surface area contributed by atoms with E-state index in [9.17, 15) is 9.59 Å². The van der Waals surface area contributed by atoms with Gasteiger partial charge >= 0.3 is 12.1 Å². The molecular formula is C15H14ClN3O5. The Kier molecular flexibility index (Phi) is 5.91. The minimum Gasteiger partial charge on any atom is -0.491 e. The molecule has 0 aliphatic heterocycles. The van der Waals surface area contributed by atoms with Gasteiger partial charge in [0.15, 0.2) is 17.3 Å². The SMILES string of the molecule is COC(=O)c1nc(Cl)nc(NC(=O)OCc2ccccc2)c1OC. The van der Waals surface area contributed by atoms with E-state index in [2.05, 4.69) is 20.0 Å². The van der Waals surface area contributed by atoms with Gasteiger partial charge in [-0.15, -0.1) is 0 Å². The molecule has 0 fully saturated rings. The van der Waals surface area contributed by atoms with Crippen molar-refractivity contribution in [3.8, 4) is 5.75 Å². The molecule has 1 heterocycles. The predicted octanol–water partition coefficient (Wildman–Crippen LogP) is 2.67. The first-order valence-corrected chi connectivity index (χ1v) is 7.10. The lowest BCUT2D eigenvalue weighted by atomic mass is 10.2. The van der Waals surface area contributed by atoms with Gasteiger partial charge in [0.25, 0.3) is 0 Å². The summed E-state index contributed by atoms with van der Waals surface area (Å²) in [7, 11) is 2.47. The molecule has 0 aliphatic rings. The normalized spacial score (nSPS) is 9.96. The van der Waals surface area contributed by atoms with Crippen LogP contribution in [0.4, 0.5) is 10.6 Å². The van der Waals surface area contributed by atoms with E-state index in [1.54, 1.807) is 0 Å². The van der Waals surface area contributed by atoms with Gasteiger partial charge in [-0.3, -0.25) is 5.32 Å². The summed E-state index contributed by atoms with van der Waals surface area (Å²) < 4.78 is 14.7. The maximum Gasteiger partial charge on any atom is 0.413 e. The summed E-state index contributed by atoms with van der Waals surface area (Å²) in [5.41, 5.74) is 0.606. The van der Waals surface area contributed by atoms with E-state index in [1.165, 1.54) is 14.2 Å². The van der Waals surface area contributed by atoms with Crippen LogP contribution in [0.1, 0.15) is 16.1 Å². The van der Waals surface area contributed by atoms with Crippen molar-refractivity contribution in [2.24, 2.45) is 0 Å². The van der Waals surface area contributed by atoms with Crippen LogP contribution in [0, 0.1) is 0 Å². The van der Waals surface area contributed by atoms with Gasteiger partial charge in [0.2, 0.25) is 5.28 Å². The molecule has 1 N–H and O–H groups in total. The average Bonchev–Trinajstić information content (AvgIpc) is 2.59. The van der Waals surface area contributed by atoms with E-state index in [0.717, 1.165) is 5.56 Å². The molecule has 126 valence electrons. The molecule has 0 saturated heterocycles. The molecule has 0 atom stereocenters. The Hall–Kier alpha value is -2.87. The summed E-state index contributed by atoms with van der Waals surface area (Å²) in [6, 6.07) is 9.13. The van der Waals surface area contributed by atoms with Crippen molar-refractivity contribution in [2.45, 2.75) is 6.61 Å². The standard InChI is InChI=1S/C15H14ClN3O5/c1-22-11-10(13(20)23-2)17-14(16)18-12(11)19-15(21)24-8-9-6-4-3-5-7-9/h3-7H,8H2,1-2H3,(H,17,18,19,21). The highest BCUT2D eigenvalue weighted by atomic mass is 35.5. The fraction of sp³-hybridized carbons (Fsp3) is 0.200. The van der Waals surface area contributed by atoms with Crippen LogP contribution in [0.3, 0.4) is 0 Å². The number of rotatable bonds is 5. The number of ether oxygens (including phenoxy) is 3. The minimum atomic E-state index is -0.789. The Bertz CT molecular complexity index is 739. The Balaban J connectivity index is 2.14. The number of benzene rings is 1. The van der Waals surface area contributed by atoms with Crippen LogP contribution >= 0.6 is 11.6 Å². The fourth-order valence-electron chi connectivity index (χ4n) is 1.79. The molecule has 0 bridgehead atoms. The summed E-state index contributed by atoms with van der Waals surface area (Å²) >= 11 is 5.76. The largest absolute Gasteiger partial charge is 0.491 e. The highest BCUT2D eigenvalue weighted by Gasteiger charge is 2.23. The molecule has 0 aliphatic carbocycles. The first kappa shape index (κ1) is 17.5. The molecule has 2 rings (SSSR count). The fourth-order valence-corrected chi connectivity index (χ4v) is 1.96. The van der Waals surface area contributed by atoms with Crippen LogP contribution in [0.2, 0.25) is 5.28 Å². The number of nitrogens with one attached hydrogen (secondary N) is 1. The molecule has 0 unspecified atom stereocenters. The number of hydrogen-bond acceptors (Lipinski definition) is 7. The number of methoxy groups -OCH3 is 2. The van der Waals surface area contributed by atoms with E-state index in [1.807, 2.05) is 30.3 Å². The molecule has 0 spiro atoms. The van der Waals surface area contributed by atoms with Gasteiger partial charge in [0.1, 0.15) is 6.61 Å². The molecule has 0 radical (unpaired) electrons. The van der Waals surface area contributed by atoms with Gasteiger partial charge < -0.3 is 14.2 Å². The van der Waals surface area contributed by atoms with Crippen LogP contribution in [-0.4, -0.2) is 36.3 Å². The highest BCUT2D eigenvalue weighted by Crippen LogP contribution is 2.28. The summed E-state index contributed by atoms with van der Waals surface area (Å²) in [5.74, 6) is -0.962. The van der Waals surface area contributed by atoms with Crippen molar-refractivity contribution < 1.29 is 23.8 Å². The lowest BCUT2D eigenvalue weighted by molar-refractivity contribution is 0.0589. The number of carbonyl (C=O) groups is 2. The molecule has 1 aromatic carbocycles. The molecule has 8 nitrogen and oxygen atoms in total. The van der Waals surface area contributed by atoms with Crippen molar-refractivity contribution >= 4 is 29.5 Å². The van der Waals surface area contributed by atoms with Crippen molar-refractivity contribution in [2.75, 3.05) is 19.5 Å². The second kappa shape index (κ2) is 8.11. The monoisotopic (exact) mass is 351 g/mol. The topological polar surface area (TPSA) is 99.6 Å². The van der Waals surface area contributed by atoms with Crippen molar-refractivity contribution in [3.63, 3.8) is 0 Å². The maximum atomic E-state index is 11.9. The second-order valence-electron chi connectivity index (χ2n) is 4.40. The van der Waals surface area contributed by atoms with Gasteiger partial charge in [-0.1, -0.05) is 30.3 Å². The maximum absolute atomic E-state index is 11.9. The van der Waals surface area contributed by atoms with Crippen molar-refractivity contribution in [3.05, 3.63) is 46.9 Å². The number of halogens is 1. The first-order valence-electron chi connectivity index (χ1n) is 6.72. The number of amides is 1. The molecule has 24 heavy (non-hydrogen) atoms. The third-order valence-electron chi connectivity index (χ3n) is 2.85. The number of hydrogen-bond donors (Lipinski definition) is 1. The third-order valence-corrected chi connectivity index (χ3v) is 3.02. The Morgan fingerprint density at radius 2 is 1.88 bits per heavy atom. The zero-order valence-electron chi connectivity index (χ0n) is 12.9. The predicted molar refractivity (Wildman–Crippen MR) is 85.2 cm³/mol. The van der Waals surface area contributed by atoms with E-state index >= 15 is 0 Å². The summed E-state index contributed by atoms with van der Waals surface area (Å²) in [4.78, 5) is 31.2. The quantitative estimate of drug-likeness (QED) is 0.652. The number of anilines is 1. The molecule has 9 heteroatoms. The average molecular weight is 352 g/mol. The minimum absolute atomic E-state index is 0.0671. The zero-order chi connectivity index (χ0) is 17.5. The third kappa shape index (κ3) is 4.32. The van der Waals surface area contributed by atoms with Gasteiger partial charge in [0, 0.05) is 0 Å². The van der Waals surface area contributed by atoms with Crippen molar-refractivity contribution in [1.29, 1.82) is 0 Å². The number of carbonyl (C=O) groups excluding carboxylic acids is 2. The van der Waals surface area contributed by atoms with E-state index in [-0.39, 0.29) is 29.2 Å². The van der Waals surface area contributed by atoms with Gasteiger partial charge in [-0.05, 0) is 17.2 Å². The second-order valence-corrected chi connectivity index (χ2v) is 4.74. The smallest absolute Gasteiger partial charge is 0.413 e. The number of nitrogens with zero attached hydrogens (tertiary/aromatic N) is 2. The molecule has 0 saturated carbocycles. The summed E-state index contributed by atoms with van der Waals surface area (Å²) in [5, 5.41) is 2.11. The molecular weight excluding hydrogens is 338 g/mol. The summed E-state index contributed by atoms with van der Waals surface area (Å²) in [6.07, 6.45) is -0.789. The number of aromatic nitrogens is 2.